The van der Waals surface area contributed by atoms with Crippen molar-refractivity contribution in [3.63, 3.8) is 0 Å². The van der Waals surface area contributed by atoms with Gasteiger partial charge in [-0.2, -0.15) is 0 Å². The summed E-state index contributed by atoms with van der Waals surface area (Å²) in [5, 5.41) is -0.360. The molecular formula is C16H16F3NS. The molecule has 0 heterocycles. The highest BCUT2D eigenvalue weighted by Crippen LogP contribution is 2.39. The fraction of sp³-hybridized carbons (Fsp3) is 0.250. The van der Waals surface area contributed by atoms with E-state index in [1.807, 2.05) is 6.92 Å². The molecule has 0 aliphatic heterocycles. The van der Waals surface area contributed by atoms with Gasteiger partial charge in [0, 0.05) is 16.5 Å². The van der Waals surface area contributed by atoms with Crippen molar-refractivity contribution in [2.75, 3.05) is 0 Å². The topological polar surface area (TPSA) is 26.0 Å². The zero-order valence-electron chi connectivity index (χ0n) is 11.5. The van der Waals surface area contributed by atoms with Crippen LogP contribution in [0.4, 0.5) is 13.2 Å². The lowest BCUT2D eigenvalue weighted by Gasteiger charge is -2.23. The maximum atomic E-state index is 14.0. The quantitative estimate of drug-likeness (QED) is 0.812. The van der Waals surface area contributed by atoms with E-state index in [1.165, 1.54) is 23.9 Å². The van der Waals surface area contributed by atoms with Crippen molar-refractivity contribution in [1.29, 1.82) is 0 Å². The summed E-state index contributed by atoms with van der Waals surface area (Å²) in [5.74, 6) is -2.17. The van der Waals surface area contributed by atoms with Gasteiger partial charge in [0.1, 0.15) is 5.82 Å². The van der Waals surface area contributed by atoms with E-state index >= 15 is 0 Å². The van der Waals surface area contributed by atoms with Crippen LogP contribution in [-0.4, -0.2) is 6.04 Å². The van der Waals surface area contributed by atoms with E-state index in [4.69, 9.17) is 5.73 Å². The number of thioether (sulfide) groups is 1. The first-order valence-electron chi connectivity index (χ1n) is 6.64. The van der Waals surface area contributed by atoms with Gasteiger partial charge in [-0.1, -0.05) is 25.1 Å². The van der Waals surface area contributed by atoms with Crippen LogP contribution in [0.25, 0.3) is 0 Å². The Hall–Kier alpha value is -1.46. The Bertz CT molecular complexity index is 618. The van der Waals surface area contributed by atoms with Gasteiger partial charge in [0.05, 0.1) is 5.25 Å². The molecule has 0 bridgehead atoms. The number of rotatable bonds is 5. The molecule has 2 rings (SSSR count). The van der Waals surface area contributed by atoms with Crippen molar-refractivity contribution < 1.29 is 13.2 Å². The maximum Gasteiger partial charge on any atom is 0.159 e. The van der Waals surface area contributed by atoms with Crippen LogP contribution in [0.15, 0.2) is 47.4 Å². The third kappa shape index (κ3) is 3.80. The van der Waals surface area contributed by atoms with E-state index in [9.17, 15) is 13.2 Å². The molecule has 0 saturated heterocycles. The van der Waals surface area contributed by atoms with Crippen molar-refractivity contribution in [3.8, 4) is 0 Å². The van der Waals surface area contributed by atoms with Crippen LogP contribution in [0.3, 0.4) is 0 Å². The predicted molar refractivity (Wildman–Crippen MR) is 79.6 cm³/mol. The first-order valence-corrected chi connectivity index (χ1v) is 7.52. The van der Waals surface area contributed by atoms with Gasteiger partial charge in [-0.05, 0) is 30.7 Å². The Balaban J connectivity index is 2.33. The molecule has 0 aliphatic carbocycles. The summed E-state index contributed by atoms with van der Waals surface area (Å²) in [6, 6.07) is 9.73. The molecule has 0 spiro atoms. The minimum absolute atomic E-state index is 0.292. The molecule has 1 nitrogen and oxygen atoms in total. The molecule has 2 aromatic rings. The molecular weight excluding hydrogens is 295 g/mol. The number of hydrogen-bond acceptors (Lipinski definition) is 2. The number of hydrogen-bond donors (Lipinski definition) is 1. The molecule has 0 amide bonds. The molecule has 2 N–H and O–H groups in total. The van der Waals surface area contributed by atoms with Crippen molar-refractivity contribution in [3.05, 3.63) is 65.5 Å². The molecule has 0 fully saturated rings. The Morgan fingerprint density at radius 3 is 2.33 bits per heavy atom. The summed E-state index contributed by atoms with van der Waals surface area (Å²) < 4.78 is 40.3. The third-order valence-corrected chi connectivity index (χ3v) is 4.61. The second kappa shape index (κ2) is 7.00. The first kappa shape index (κ1) is 15.9. The lowest BCUT2D eigenvalue weighted by atomic mass is 10.0. The Kier molecular flexibility index (Phi) is 5.31. The molecule has 0 saturated carbocycles. The average Bonchev–Trinajstić information content (AvgIpc) is 2.48. The smallest absolute Gasteiger partial charge is 0.159 e. The van der Waals surface area contributed by atoms with Crippen molar-refractivity contribution in [2.24, 2.45) is 5.73 Å². The second-order valence-electron chi connectivity index (χ2n) is 4.71. The van der Waals surface area contributed by atoms with E-state index in [2.05, 4.69) is 0 Å². The van der Waals surface area contributed by atoms with Gasteiger partial charge in [-0.25, -0.2) is 13.2 Å². The maximum absolute atomic E-state index is 14.0. The van der Waals surface area contributed by atoms with Gasteiger partial charge in [0.2, 0.25) is 0 Å². The zero-order chi connectivity index (χ0) is 15.4. The summed E-state index contributed by atoms with van der Waals surface area (Å²) in [6.45, 7) is 1.91. The van der Waals surface area contributed by atoms with Crippen molar-refractivity contribution in [1.82, 2.24) is 0 Å². The Morgan fingerprint density at radius 2 is 1.71 bits per heavy atom. The molecule has 2 aromatic carbocycles. The Morgan fingerprint density at radius 1 is 1.00 bits per heavy atom. The highest BCUT2D eigenvalue weighted by atomic mass is 32.2. The monoisotopic (exact) mass is 311 g/mol. The molecule has 5 heteroatoms. The summed E-state index contributed by atoms with van der Waals surface area (Å²) in [5.41, 5.74) is 6.55. The standard InChI is InChI=1S/C16H16F3NS/c1-2-15(20)16(11-5-3-4-6-12(11)17)21-10-7-8-13(18)14(19)9-10/h3-9,15-16H,2,20H2,1H3. The normalized spacial score (nSPS) is 14.0. The fourth-order valence-corrected chi connectivity index (χ4v) is 3.29. The van der Waals surface area contributed by atoms with Crippen molar-refractivity contribution in [2.45, 2.75) is 29.5 Å². The summed E-state index contributed by atoms with van der Waals surface area (Å²) in [4.78, 5) is 0.519. The highest BCUT2D eigenvalue weighted by Gasteiger charge is 2.23. The van der Waals surface area contributed by atoms with Gasteiger partial charge in [0.25, 0.3) is 0 Å². The number of nitrogens with two attached hydrogens (primary N) is 1. The lowest BCUT2D eigenvalue weighted by molar-refractivity contribution is 0.505. The Labute approximate surface area is 126 Å². The zero-order valence-corrected chi connectivity index (χ0v) is 12.3. The van der Waals surface area contributed by atoms with Crippen LogP contribution in [-0.2, 0) is 0 Å². The average molecular weight is 311 g/mol. The number of benzene rings is 2. The lowest BCUT2D eigenvalue weighted by Crippen LogP contribution is -2.26. The van der Waals surface area contributed by atoms with E-state index < -0.39 is 11.6 Å². The van der Waals surface area contributed by atoms with Crippen molar-refractivity contribution >= 4 is 11.8 Å². The van der Waals surface area contributed by atoms with E-state index in [-0.39, 0.29) is 17.1 Å². The van der Waals surface area contributed by atoms with Gasteiger partial charge < -0.3 is 5.73 Å². The highest BCUT2D eigenvalue weighted by molar-refractivity contribution is 7.99. The van der Waals surface area contributed by atoms with E-state index in [1.54, 1.807) is 18.2 Å². The largest absolute Gasteiger partial charge is 0.326 e. The van der Waals surface area contributed by atoms with Gasteiger partial charge in [-0.15, -0.1) is 11.8 Å². The van der Waals surface area contributed by atoms with E-state index in [0.717, 1.165) is 12.1 Å². The molecule has 2 atom stereocenters. The molecule has 0 aliphatic rings. The molecule has 0 aromatic heterocycles. The van der Waals surface area contributed by atoms with Crippen LogP contribution in [0.2, 0.25) is 0 Å². The minimum Gasteiger partial charge on any atom is -0.326 e. The van der Waals surface area contributed by atoms with Crippen LogP contribution in [0.5, 0.6) is 0 Å². The van der Waals surface area contributed by atoms with Crippen LogP contribution in [0.1, 0.15) is 24.2 Å². The van der Waals surface area contributed by atoms with E-state index in [0.29, 0.717) is 16.9 Å². The first-order chi connectivity index (χ1) is 10.0. The minimum atomic E-state index is -0.919. The van der Waals surface area contributed by atoms with Gasteiger partial charge in [-0.3, -0.25) is 0 Å². The second-order valence-corrected chi connectivity index (χ2v) is 5.92. The van der Waals surface area contributed by atoms with Crippen LogP contribution >= 0.6 is 11.8 Å². The summed E-state index contributed by atoms with van der Waals surface area (Å²) in [7, 11) is 0. The van der Waals surface area contributed by atoms with Gasteiger partial charge >= 0.3 is 0 Å². The number of halogens is 3. The summed E-state index contributed by atoms with van der Waals surface area (Å²) in [6.07, 6.45) is 0.648. The van der Waals surface area contributed by atoms with Crippen LogP contribution in [0, 0.1) is 17.5 Å². The molecule has 0 radical (unpaired) electrons. The fourth-order valence-electron chi connectivity index (χ4n) is 2.00. The molecule has 21 heavy (non-hydrogen) atoms. The molecule has 2 unspecified atom stereocenters. The van der Waals surface area contributed by atoms with Crippen LogP contribution < -0.4 is 5.73 Å². The predicted octanol–water partition coefficient (Wildman–Crippen LogP) is 4.67. The molecule has 112 valence electrons. The van der Waals surface area contributed by atoms with Gasteiger partial charge in [0.15, 0.2) is 11.6 Å². The summed E-state index contributed by atoms with van der Waals surface area (Å²) >= 11 is 1.24. The SMILES string of the molecule is CCC(N)C(Sc1ccc(F)c(F)c1)c1ccccc1F. The third-order valence-electron chi connectivity index (χ3n) is 3.23.